The number of aromatic nitrogens is 2. The molecule has 1 atom stereocenters. The van der Waals surface area contributed by atoms with E-state index < -0.39 is 5.60 Å². The number of nitrogens with zero attached hydrogens (tertiary/aromatic N) is 3. The average Bonchev–Trinajstić information content (AvgIpc) is 2.96. The van der Waals surface area contributed by atoms with E-state index in [2.05, 4.69) is 5.10 Å². The Labute approximate surface area is 164 Å². The first-order valence-electron chi connectivity index (χ1n) is 9.17. The molecule has 0 spiro atoms. The van der Waals surface area contributed by atoms with E-state index in [4.69, 9.17) is 16.3 Å². The standard InChI is InChI=1S/C20H26ClN3O3/c1-14-9-17(10-15(2)18(14)21)27-13-20(26)5-4-7-24(8-6-20)19(25)16-11-22-23(3)12-16/h9-12,26H,4-8,13H2,1-3H3. The summed E-state index contributed by atoms with van der Waals surface area (Å²) in [5.41, 5.74) is 1.53. The van der Waals surface area contributed by atoms with E-state index in [0.717, 1.165) is 22.6 Å². The number of hydrogen-bond donors (Lipinski definition) is 1. The van der Waals surface area contributed by atoms with Crippen molar-refractivity contribution in [3.8, 4) is 5.75 Å². The third-order valence-electron chi connectivity index (χ3n) is 5.07. The number of halogens is 1. The van der Waals surface area contributed by atoms with Crippen LogP contribution in [-0.4, -0.2) is 51.0 Å². The lowest BCUT2D eigenvalue weighted by atomic mass is 9.96. The fourth-order valence-corrected chi connectivity index (χ4v) is 3.56. The van der Waals surface area contributed by atoms with Crippen LogP contribution in [0.25, 0.3) is 0 Å². The van der Waals surface area contributed by atoms with Gasteiger partial charge in [0.1, 0.15) is 18.0 Å². The highest BCUT2D eigenvalue weighted by Crippen LogP contribution is 2.28. The van der Waals surface area contributed by atoms with E-state index in [1.165, 1.54) is 0 Å². The second-order valence-electron chi connectivity index (χ2n) is 7.43. The molecule has 1 aromatic heterocycles. The smallest absolute Gasteiger partial charge is 0.257 e. The molecule has 1 N–H and O–H groups in total. The summed E-state index contributed by atoms with van der Waals surface area (Å²) in [7, 11) is 1.79. The second-order valence-corrected chi connectivity index (χ2v) is 7.81. The van der Waals surface area contributed by atoms with Gasteiger partial charge in [0, 0.05) is 31.4 Å². The Bertz CT molecular complexity index is 813. The zero-order valence-corrected chi connectivity index (χ0v) is 16.8. The molecule has 0 saturated carbocycles. The Morgan fingerprint density at radius 2 is 2.00 bits per heavy atom. The summed E-state index contributed by atoms with van der Waals surface area (Å²) in [6, 6.07) is 3.77. The number of aliphatic hydroxyl groups is 1. The van der Waals surface area contributed by atoms with E-state index >= 15 is 0 Å². The van der Waals surface area contributed by atoms with E-state index in [1.54, 1.807) is 29.0 Å². The summed E-state index contributed by atoms with van der Waals surface area (Å²) in [4.78, 5) is 14.4. The molecule has 27 heavy (non-hydrogen) atoms. The highest BCUT2D eigenvalue weighted by atomic mass is 35.5. The van der Waals surface area contributed by atoms with Crippen molar-refractivity contribution in [1.29, 1.82) is 0 Å². The van der Waals surface area contributed by atoms with Gasteiger partial charge in [-0.15, -0.1) is 0 Å². The molecule has 6 nitrogen and oxygen atoms in total. The maximum atomic E-state index is 12.6. The van der Waals surface area contributed by atoms with Crippen LogP contribution >= 0.6 is 11.6 Å². The topological polar surface area (TPSA) is 67.6 Å². The molecule has 1 unspecified atom stereocenters. The maximum absolute atomic E-state index is 12.6. The fourth-order valence-electron chi connectivity index (χ4n) is 3.45. The normalized spacial score (nSPS) is 20.4. The number of carbonyl (C=O) groups is 1. The molecule has 1 amide bonds. The first-order valence-corrected chi connectivity index (χ1v) is 9.55. The van der Waals surface area contributed by atoms with Crippen LogP contribution in [0.15, 0.2) is 24.5 Å². The number of aryl methyl sites for hydroxylation is 3. The summed E-state index contributed by atoms with van der Waals surface area (Å²) in [6.45, 7) is 5.18. The van der Waals surface area contributed by atoms with E-state index in [-0.39, 0.29) is 12.5 Å². The molecule has 146 valence electrons. The molecule has 0 bridgehead atoms. The summed E-state index contributed by atoms with van der Waals surface area (Å²) < 4.78 is 7.50. The van der Waals surface area contributed by atoms with Crippen molar-refractivity contribution in [3.63, 3.8) is 0 Å². The lowest BCUT2D eigenvalue weighted by Crippen LogP contribution is -2.38. The van der Waals surface area contributed by atoms with Crippen LogP contribution in [0.5, 0.6) is 5.75 Å². The zero-order valence-electron chi connectivity index (χ0n) is 16.0. The van der Waals surface area contributed by atoms with Crippen molar-refractivity contribution in [1.82, 2.24) is 14.7 Å². The number of benzene rings is 1. The van der Waals surface area contributed by atoms with Crippen LogP contribution in [0.4, 0.5) is 0 Å². The van der Waals surface area contributed by atoms with Crippen molar-refractivity contribution >= 4 is 17.5 Å². The van der Waals surface area contributed by atoms with Crippen LogP contribution < -0.4 is 4.74 Å². The van der Waals surface area contributed by atoms with Crippen molar-refractivity contribution in [2.24, 2.45) is 7.05 Å². The predicted octanol–water partition coefficient (Wildman–Crippen LogP) is 3.13. The van der Waals surface area contributed by atoms with Gasteiger partial charge in [-0.1, -0.05) is 11.6 Å². The number of hydrogen-bond acceptors (Lipinski definition) is 4. The quantitative estimate of drug-likeness (QED) is 0.869. The largest absolute Gasteiger partial charge is 0.491 e. The zero-order chi connectivity index (χ0) is 19.6. The van der Waals surface area contributed by atoms with Crippen LogP contribution in [0.3, 0.4) is 0 Å². The number of rotatable bonds is 4. The summed E-state index contributed by atoms with van der Waals surface area (Å²) in [6.07, 6.45) is 5.09. The Hall–Kier alpha value is -2.05. The van der Waals surface area contributed by atoms with Gasteiger partial charge in [0.15, 0.2) is 0 Å². The molecule has 0 radical (unpaired) electrons. The summed E-state index contributed by atoms with van der Waals surface area (Å²) in [5.74, 6) is 0.660. The molecular weight excluding hydrogens is 366 g/mol. The van der Waals surface area contributed by atoms with Crippen LogP contribution in [0.2, 0.25) is 5.02 Å². The monoisotopic (exact) mass is 391 g/mol. The Morgan fingerprint density at radius 1 is 1.30 bits per heavy atom. The summed E-state index contributed by atoms with van der Waals surface area (Å²) >= 11 is 6.20. The van der Waals surface area contributed by atoms with Gasteiger partial charge >= 0.3 is 0 Å². The first kappa shape index (κ1) is 19.7. The molecule has 2 heterocycles. The van der Waals surface area contributed by atoms with E-state index in [9.17, 15) is 9.90 Å². The number of amides is 1. The minimum atomic E-state index is -0.953. The third kappa shape index (κ3) is 4.62. The molecule has 1 aromatic carbocycles. The molecule has 1 saturated heterocycles. The highest BCUT2D eigenvalue weighted by molar-refractivity contribution is 6.32. The molecule has 1 aliphatic heterocycles. The average molecular weight is 392 g/mol. The van der Waals surface area contributed by atoms with Gasteiger partial charge in [-0.25, -0.2) is 0 Å². The SMILES string of the molecule is Cc1cc(OCC2(O)CCCN(C(=O)c3cnn(C)c3)CC2)cc(C)c1Cl. The van der Waals surface area contributed by atoms with Crippen LogP contribution in [0, 0.1) is 13.8 Å². The van der Waals surface area contributed by atoms with Crippen molar-refractivity contribution in [2.45, 2.75) is 38.7 Å². The highest BCUT2D eigenvalue weighted by Gasteiger charge is 2.33. The molecule has 3 rings (SSSR count). The van der Waals surface area contributed by atoms with Crippen LogP contribution in [0.1, 0.15) is 40.7 Å². The van der Waals surface area contributed by atoms with Gasteiger partial charge in [-0.3, -0.25) is 9.48 Å². The van der Waals surface area contributed by atoms with Gasteiger partial charge in [0.25, 0.3) is 5.91 Å². The van der Waals surface area contributed by atoms with Gasteiger partial charge in [0.05, 0.1) is 11.8 Å². The lowest BCUT2D eigenvalue weighted by Gasteiger charge is -2.27. The van der Waals surface area contributed by atoms with Crippen molar-refractivity contribution in [2.75, 3.05) is 19.7 Å². The van der Waals surface area contributed by atoms with Gasteiger partial charge in [-0.2, -0.15) is 5.10 Å². The fraction of sp³-hybridized carbons (Fsp3) is 0.500. The minimum Gasteiger partial charge on any atom is -0.491 e. The first-order chi connectivity index (χ1) is 12.8. The van der Waals surface area contributed by atoms with Crippen molar-refractivity contribution in [3.05, 3.63) is 46.2 Å². The van der Waals surface area contributed by atoms with E-state index in [0.29, 0.717) is 37.2 Å². The van der Waals surface area contributed by atoms with Gasteiger partial charge < -0.3 is 14.7 Å². The minimum absolute atomic E-state index is 0.0442. The van der Waals surface area contributed by atoms with Crippen molar-refractivity contribution < 1.29 is 14.6 Å². The Balaban J connectivity index is 1.61. The second kappa shape index (κ2) is 7.90. The Morgan fingerprint density at radius 3 is 2.63 bits per heavy atom. The summed E-state index contributed by atoms with van der Waals surface area (Å²) in [5, 5.41) is 15.8. The van der Waals surface area contributed by atoms with E-state index in [1.807, 2.05) is 26.0 Å². The molecule has 2 aromatic rings. The van der Waals surface area contributed by atoms with Gasteiger partial charge in [-0.05, 0) is 56.4 Å². The molecule has 0 aliphatic carbocycles. The predicted molar refractivity (Wildman–Crippen MR) is 104 cm³/mol. The molecular formula is C20H26ClN3O3. The number of ether oxygens (including phenoxy) is 1. The molecule has 1 aliphatic rings. The molecule has 7 heteroatoms. The van der Waals surface area contributed by atoms with Gasteiger partial charge in [0.2, 0.25) is 0 Å². The van der Waals surface area contributed by atoms with Crippen LogP contribution in [-0.2, 0) is 7.05 Å². The third-order valence-corrected chi connectivity index (χ3v) is 5.67. The number of likely N-dealkylation sites (tertiary alicyclic amines) is 1. The lowest BCUT2D eigenvalue weighted by molar-refractivity contribution is -0.0163. The maximum Gasteiger partial charge on any atom is 0.257 e. The molecule has 1 fully saturated rings. The number of carbonyl (C=O) groups excluding carboxylic acids is 1. The Kier molecular flexibility index (Phi) is 5.77.